The average molecular weight is 391 g/mol. The number of hydrazine groups is 1. The van der Waals surface area contributed by atoms with E-state index in [0.29, 0.717) is 18.6 Å². The predicted octanol–water partition coefficient (Wildman–Crippen LogP) is 3.38. The van der Waals surface area contributed by atoms with Crippen molar-refractivity contribution in [2.75, 3.05) is 6.61 Å². The van der Waals surface area contributed by atoms with Gasteiger partial charge in [-0.15, -0.1) is 0 Å². The second kappa shape index (κ2) is 9.08. The summed E-state index contributed by atoms with van der Waals surface area (Å²) in [6.07, 6.45) is 0.834. The Morgan fingerprint density at radius 2 is 1.83 bits per heavy atom. The van der Waals surface area contributed by atoms with Gasteiger partial charge in [0, 0.05) is 16.5 Å². The topological polar surface area (TPSA) is 67.4 Å². The van der Waals surface area contributed by atoms with Crippen LogP contribution in [0.25, 0.3) is 0 Å². The lowest BCUT2D eigenvalue weighted by atomic mass is 10.2. The zero-order valence-corrected chi connectivity index (χ0v) is 14.9. The van der Waals surface area contributed by atoms with Crippen LogP contribution in [0, 0.1) is 6.92 Å². The summed E-state index contributed by atoms with van der Waals surface area (Å²) in [5, 5.41) is 0. The lowest BCUT2D eigenvalue weighted by molar-refractivity contribution is -0.122. The molecule has 0 spiro atoms. The van der Waals surface area contributed by atoms with Crippen molar-refractivity contribution in [3.63, 3.8) is 0 Å². The maximum Gasteiger partial charge on any atom is 0.269 e. The highest BCUT2D eigenvalue weighted by Crippen LogP contribution is 2.12. The predicted molar refractivity (Wildman–Crippen MR) is 95.7 cm³/mol. The quantitative estimate of drug-likeness (QED) is 0.586. The van der Waals surface area contributed by atoms with Gasteiger partial charge in [-0.05, 0) is 55.3 Å². The van der Waals surface area contributed by atoms with Gasteiger partial charge in [0.15, 0.2) is 0 Å². The molecule has 0 aromatic heterocycles. The summed E-state index contributed by atoms with van der Waals surface area (Å²) in [5.74, 6) is 0.180. The molecule has 5 nitrogen and oxygen atoms in total. The molecule has 0 radical (unpaired) electrons. The zero-order chi connectivity index (χ0) is 17.4. The Kier molecular flexibility index (Phi) is 6.81. The first-order chi connectivity index (χ1) is 11.5. The fourth-order valence-electron chi connectivity index (χ4n) is 1.99. The summed E-state index contributed by atoms with van der Waals surface area (Å²) in [6, 6.07) is 14.6. The van der Waals surface area contributed by atoms with Gasteiger partial charge in [-0.1, -0.05) is 28.1 Å². The number of carbonyl (C=O) groups excluding carboxylic acids is 2. The van der Waals surface area contributed by atoms with E-state index in [1.54, 1.807) is 24.3 Å². The molecule has 0 unspecified atom stereocenters. The van der Waals surface area contributed by atoms with Crippen LogP contribution in [-0.4, -0.2) is 18.4 Å². The minimum Gasteiger partial charge on any atom is -0.494 e. The summed E-state index contributed by atoms with van der Waals surface area (Å²) in [4.78, 5) is 23.6. The maximum absolute atomic E-state index is 11.8. The molecule has 0 atom stereocenters. The molecule has 0 aliphatic carbocycles. The molecule has 0 bridgehead atoms. The Morgan fingerprint density at radius 1 is 1.08 bits per heavy atom. The van der Waals surface area contributed by atoms with Gasteiger partial charge >= 0.3 is 0 Å². The van der Waals surface area contributed by atoms with Crippen molar-refractivity contribution in [2.24, 2.45) is 0 Å². The van der Waals surface area contributed by atoms with Gasteiger partial charge in [0.1, 0.15) is 5.75 Å². The van der Waals surface area contributed by atoms with Crippen LogP contribution >= 0.6 is 15.9 Å². The number of hydrogen-bond acceptors (Lipinski definition) is 3. The third-order valence-corrected chi connectivity index (χ3v) is 3.76. The Bertz CT molecular complexity index is 702. The van der Waals surface area contributed by atoms with E-state index < -0.39 is 0 Å². The fourth-order valence-corrected chi connectivity index (χ4v) is 2.25. The van der Waals surface area contributed by atoms with Crippen LogP contribution in [0.15, 0.2) is 53.0 Å². The van der Waals surface area contributed by atoms with E-state index in [-0.39, 0.29) is 18.2 Å². The number of aryl methyl sites for hydroxylation is 1. The van der Waals surface area contributed by atoms with Crippen molar-refractivity contribution in [1.29, 1.82) is 0 Å². The van der Waals surface area contributed by atoms with Crippen LogP contribution in [0.4, 0.5) is 0 Å². The molecule has 2 aromatic rings. The van der Waals surface area contributed by atoms with Crippen LogP contribution in [0.2, 0.25) is 0 Å². The van der Waals surface area contributed by atoms with E-state index in [1.807, 2.05) is 31.2 Å². The van der Waals surface area contributed by atoms with Crippen molar-refractivity contribution in [3.8, 4) is 5.75 Å². The molecule has 126 valence electrons. The number of nitrogens with one attached hydrogen (secondary N) is 2. The smallest absolute Gasteiger partial charge is 0.269 e. The molecule has 0 aliphatic heterocycles. The maximum atomic E-state index is 11.8. The van der Waals surface area contributed by atoms with Crippen molar-refractivity contribution in [2.45, 2.75) is 19.8 Å². The number of ether oxygens (including phenoxy) is 1. The van der Waals surface area contributed by atoms with E-state index in [2.05, 4.69) is 26.8 Å². The number of rotatable bonds is 6. The molecule has 0 aliphatic rings. The Morgan fingerprint density at radius 3 is 2.54 bits per heavy atom. The standard InChI is InChI=1S/C18H19BrN2O3/c1-13-4-2-5-16(12-13)24-11-3-6-17(22)20-21-18(23)14-7-9-15(19)10-8-14/h2,4-5,7-10,12H,3,6,11H2,1H3,(H,20,22)(H,21,23). The van der Waals surface area contributed by atoms with Gasteiger partial charge in [0.05, 0.1) is 6.61 Å². The first kappa shape index (κ1) is 18.0. The lowest BCUT2D eigenvalue weighted by Crippen LogP contribution is -2.41. The van der Waals surface area contributed by atoms with E-state index in [0.717, 1.165) is 15.8 Å². The molecule has 2 amide bonds. The highest BCUT2D eigenvalue weighted by molar-refractivity contribution is 9.10. The zero-order valence-electron chi connectivity index (χ0n) is 13.3. The fraction of sp³-hybridized carbons (Fsp3) is 0.222. The molecule has 0 saturated carbocycles. The number of amides is 2. The molecular formula is C18H19BrN2O3. The first-order valence-corrected chi connectivity index (χ1v) is 8.38. The number of benzene rings is 2. The molecule has 6 heteroatoms. The normalized spacial score (nSPS) is 10.1. The average Bonchev–Trinajstić information content (AvgIpc) is 2.57. The molecule has 2 aromatic carbocycles. The van der Waals surface area contributed by atoms with Crippen LogP contribution < -0.4 is 15.6 Å². The van der Waals surface area contributed by atoms with Crippen LogP contribution in [-0.2, 0) is 4.79 Å². The molecular weight excluding hydrogens is 372 g/mol. The van der Waals surface area contributed by atoms with E-state index in [9.17, 15) is 9.59 Å². The van der Waals surface area contributed by atoms with Crippen molar-refractivity contribution in [3.05, 3.63) is 64.1 Å². The Labute approximate surface area is 149 Å². The summed E-state index contributed by atoms with van der Waals surface area (Å²) >= 11 is 3.30. The minimum absolute atomic E-state index is 0.256. The van der Waals surface area contributed by atoms with Gasteiger partial charge < -0.3 is 4.74 Å². The van der Waals surface area contributed by atoms with Crippen LogP contribution in [0.5, 0.6) is 5.75 Å². The molecule has 0 fully saturated rings. The molecule has 2 rings (SSSR count). The summed E-state index contributed by atoms with van der Waals surface area (Å²) < 4.78 is 6.46. The number of halogens is 1. The van der Waals surface area contributed by atoms with E-state index in [1.165, 1.54) is 0 Å². The third kappa shape index (κ3) is 6.04. The largest absolute Gasteiger partial charge is 0.494 e. The lowest BCUT2D eigenvalue weighted by Gasteiger charge is -2.09. The van der Waals surface area contributed by atoms with Crippen LogP contribution in [0.3, 0.4) is 0 Å². The van der Waals surface area contributed by atoms with Crippen molar-refractivity contribution in [1.82, 2.24) is 10.9 Å². The van der Waals surface area contributed by atoms with Crippen LogP contribution in [0.1, 0.15) is 28.8 Å². The van der Waals surface area contributed by atoms with Crippen molar-refractivity contribution < 1.29 is 14.3 Å². The van der Waals surface area contributed by atoms with Gasteiger partial charge in [-0.3, -0.25) is 20.4 Å². The minimum atomic E-state index is -0.355. The first-order valence-electron chi connectivity index (χ1n) is 7.59. The molecule has 0 saturated heterocycles. The number of hydrogen-bond donors (Lipinski definition) is 2. The highest BCUT2D eigenvalue weighted by Gasteiger charge is 2.07. The Balaban J connectivity index is 1.64. The van der Waals surface area contributed by atoms with Gasteiger partial charge in [-0.25, -0.2) is 0 Å². The highest BCUT2D eigenvalue weighted by atomic mass is 79.9. The second-order valence-corrected chi connectivity index (χ2v) is 6.19. The summed E-state index contributed by atoms with van der Waals surface area (Å²) in [5.41, 5.74) is 6.39. The summed E-state index contributed by atoms with van der Waals surface area (Å²) in [6.45, 7) is 2.44. The molecule has 24 heavy (non-hydrogen) atoms. The van der Waals surface area contributed by atoms with E-state index in [4.69, 9.17) is 4.74 Å². The second-order valence-electron chi connectivity index (χ2n) is 5.28. The monoisotopic (exact) mass is 390 g/mol. The SMILES string of the molecule is Cc1cccc(OCCCC(=O)NNC(=O)c2ccc(Br)cc2)c1. The van der Waals surface area contributed by atoms with E-state index >= 15 is 0 Å². The van der Waals surface area contributed by atoms with Gasteiger partial charge in [0.2, 0.25) is 5.91 Å². The summed E-state index contributed by atoms with van der Waals surface area (Å²) in [7, 11) is 0. The van der Waals surface area contributed by atoms with Gasteiger partial charge in [0.25, 0.3) is 5.91 Å². The third-order valence-electron chi connectivity index (χ3n) is 3.23. The molecule has 0 heterocycles. The number of carbonyl (C=O) groups is 2. The molecule has 2 N–H and O–H groups in total. The Hall–Kier alpha value is -2.34. The van der Waals surface area contributed by atoms with Gasteiger partial charge in [-0.2, -0.15) is 0 Å². The van der Waals surface area contributed by atoms with Crippen molar-refractivity contribution >= 4 is 27.7 Å².